The predicted octanol–water partition coefficient (Wildman–Crippen LogP) is 3.09. The van der Waals surface area contributed by atoms with E-state index in [2.05, 4.69) is 25.4 Å². The van der Waals surface area contributed by atoms with Crippen LogP contribution in [0.5, 0.6) is 0 Å². The van der Waals surface area contributed by atoms with Crippen LogP contribution in [0.15, 0.2) is 61.2 Å². The molecule has 0 unspecified atom stereocenters. The Morgan fingerprint density at radius 1 is 1.00 bits per heavy atom. The van der Waals surface area contributed by atoms with Crippen LogP contribution < -0.4 is 5.32 Å². The molecule has 112 valence electrons. The van der Waals surface area contributed by atoms with E-state index in [1.54, 1.807) is 29.3 Å². The first kappa shape index (κ1) is 13.3. The Balaban J connectivity index is 1.86. The summed E-state index contributed by atoms with van der Waals surface area (Å²) < 4.78 is 15.1. The topological polar surface area (TPSA) is 68.5 Å². The van der Waals surface area contributed by atoms with Crippen molar-refractivity contribution in [2.45, 2.75) is 0 Å². The molecule has 1 aromatic carbocycles. The lowest BCUT2D eigenvalue weighted by molar-refractivity contribution is 0.582. The Labute approximate surface area is 130 Å². The van der Waals surface area contributed by atoms with Crippen LogP contribution >= 0.6 is 0 Å². The fourth-order valence-corrected chi connectivity index (χ4v) is 2.36. The van der Waals surface area contributed by atoms with Gasteiger partial charge >= 0.3 is 0 Å². The second-order valence-corrected chi connectivity index (χ2v) is 4.83. The summed E-state index contributed by atoms with van der Waals surface area (Å²) in [6.45, 7) is 0. The number of rotatable bonds is 3. The number of pyridine rings is 1. The molecule has 0 atom stereocenters. The molecule has 23 heavy (non-hydrogen) atoms. The number of hydrogen-bond acceptors (Lipinski definition) is 5. The summed E-state index contributed by atoms with van der Waals surface area (Å²) >= 11 is 0. The van der Waals surface area contributed by atoms with Crippen molar-refractivity contribution >= 4 is 22.5 Å². The quantitative estimate of drug-likeness (QED) is 0.589. The van der Waals surface area contributed by atoms with Crippen molar-refractivity contribution < 1.29 is 4.39 Å². The lowest BCUT2D eigenvalue weighted by atomic mass is 10.2. The van der Waals surface area contributed by atoms with E-state index in [9.17, 15) is 4.39 Å². The van der Waals surface area contributed by atoms with Crippen LogP contribution in [0.3, 0.4) is 0 Å². The minimum Gasteiger partial charge on any atom is -0.322 e. The monoisotopic (exact) mass is 306 g/mol. The molecule has 0 fully saturated rings. The van der Waals surface area contributed by atoms with Crippen molar-refractivity contribution in [3.8, 4) is 5.69 Å². The molecule has 0 saturated heterocycles. The molecule has 1 N–H and O–H groups in total. The lowest BCUT2D eigenvalue weighted by Crippen LogP contribution is -1.99. The van der Waals surface area contributed by atoms with Gasteiger partial charge in [-0.2, -0.15) is 4.39 Å². The van der Waals surface area contributed by atoms with Gasteiger partial charge in [-0.05, 0) is 18.2 Å². The van der Waals surface area contributed by atoms with Crippen LogP contribution in [0.4, 0.5) is 16.0 Å². The van der Waals surface area contributed by atoms with E-state index in [4.69, 9.17) is 0 Å². The third kappa shape index (κ3) is 2.48. The van der Waals surface area contributed by atoms with Crippen LogP contribution in [0.1, 0.15) is 0 Å². The molecule has 4 aromatic rings. The minimum atomic E-state index is -0.550. The van der Waals surface area contributed by atoms with Crippen LogP contribution in [0.25, 0.3) is 16.6 Å². The third-order valence-electron chi connectivity index (χ3n) is 3.35. The highest BCUT2D eigenvalue weighted by Gasteiger charge is 2.12. The van der Waals surface area contributed by atoms with E-state index in [0.29, 0.717) is 17.3 Å². The molecule has 7 heteroatoms. The zero-order valence-corrected chi connectivity index (χ0v) is 11.9. The van der Waals surface area contributed by atoms with Gasteiger partial charge in [0, 0.05) is 30.0 Å². The Bertz CT molecular complexity index is 967. The number of para-hydroxylation sites is 1. The van der Waals surface area contributed by atoms with Gasteiger partial charge < -0.3 is 5.32 Å². The summed E-state index contributed by atoms with van der Waals surface area (Å²) in [5, 5.41) is 8.57. The Hall–Kier alpha value is -3.35. The van der Waals surface area contributed by atoms with Crippen molar-refractivity contribution in [3.05, 3.63) is 67.1 Å². The normalized spacial score (nSPS) is 10.8. The highest BCUT2D eigenvalue weighted by molar-refractivity contribution is 5.92. The molecule has 0 aliphatic carbocycles. The van der Waals surface area contributed by atoms with Gasteiger partial charge in [-0.25, -0.2) is 14.6 Å². The number of hydrogen-bond donors (Lipinski definition) is 1. The molecule has 0 amide bonds. The summed E-state index contributed by atoms with van der Waals surface area (Å²) in [5.74, 6) is 0.660. The van der Waals surface area contributed by atoms with E-state index in [-0.39, 0.29) is 0 Å². The average molecular weight is 306 g/mol. The predicted molar refractivity (Wildman–Crippen MR) is 84.1 cm³/mol. The maximum absolute atomic E-state index is 13.4. The van der Waals surface area contributed by atoms with Crippen LogP contribution in [0, 0.1) is 5.95 Å². The minimum absolute atomic E-state index is 0.550. The fraction of sp³-hybridized carbons (Fsp3) is 0. The first-order valence-electron chi connectivity index (χ1n) is 6.94. The molecule has 0 saturated carbocycles. The zero-order valence-electron chi connectivity index (χ0n) is 11.9. The molecule has 0 aliphatic heterocycles. The molecular formula is C16H11FN6. The summed E-state index contributed by atoms with van der Waals surface area (Å²) in [6.07, 6.45) is 6.22. The number of anilines is 2. The second kappa shape index (κ2) is 5.45. The SMILES string of the molecule is Fc1cc(-n2nc(Nc3cnccn3)c3ccccc32)ccn1. The number of nitrogens with one attached hydrogen (secondary N) is 1. The summed E-state index contributed by atoms with van der Waals surface area (Å²) in [7, 11) is 0. The van der Waals surface area contributed by atoms with Crippen molar-refractivity contribution in [2.75, 3.05) is 5.32 Å². The lowest BCUT2D eigenvalue weighted by Gasteiger charge is -2.02. The molecular weight excluding hydrogens is 295 g/mol. The third-order valence-corrected chi connectivity index (χ3v) is 3.35. The van der Waals surface area contributed by atoms with Gasteiger partial charge in [0.25, 0.3) is 0 Å². The molecule has 0 bridgehead atoms. The summed E-state index contributed by atoms with van der Waals surface area (Å²) in [4.78, 5) is 11.8. The zero-order chi connectivity index (χ0) is 15.6. The van der Waals surface area contributed by atoms with Crippen LogP contribution in [0.2, 0.25) is 0 Å². The maximum atomic E-state index is 13.4. The molecule has 0 aliphatic rings. The molecule has 3 heterocycles. The standard InChI is InChI=1S/C16H11FN6/c17-14-9-11(5-6-19-14)23-13-4-2-1-3-12(13)16(22-23)21-15-10-18-7-8-20-15/h1-10H,(H,20,21,22). The van der Waals surface area contributed by atoms with Gasteiger partial charge in [-0.15, -0.1) is 5.10 Å². The van der Waals surface area contributed by atoms with Gasteiger partial charge in [0.1, 0.15) is 5.82 Å². The molecule has 3 aromatic heterocycles. The van der Waals surface area contributed by atoms with E-state index < -0.39 is 5.95 Å². The average Bonchev–Trinajstić information content (AvgIpc) is 2.95. The maximum Gasteiger partial charge on any atom is 0.214 e. The Morgan fingerprint density at radius 3 is 2.74 bits per heavy atom. The van der Waals surface area contributed by atoms with Crippen molar-refractivity contribution in [2.24, 2.45) is 0 Å². The van der Waals surface area contributed by atoms with Gasteiger partial charge in [0.05, 0.1) is 17.4 Å². The van der Waals surface area contributed by atoms with Crippen molar-refractivity contribution in [1.82, 2.24) is 24.7 Å². The largest absolute Gasteiger partial charge is 0.322 e. The molecule has 6 nitrogen and oxygen atoms in total. The first-order chi connectivity index (χ1) is 11.3. The Kier molecular flexibility index (Phi) is 3.16. The summed E-state index contributed by atoms with van der Waals surface area (Å²) in [5.41, 5.74) is 1.45. The van der Waals surface area contributed by atoms with Crippen molar-refractivity contribution in [1.29, 1.82) is 0 Å². The fourth-order valence-electron chi connectivity index (χ4n) is 2.36. The number of fused-ring (bicyclic) bond motifs is 1. The smallest absolute Gasteiger partial charge is 0.214 e. The molecule has 4 rings (SSSR count). The van der Waals surface area contributed by atoms with E-state index in [1.165, 1.54) is 12.3 Å². The highest BCUT2D eigenvalue weighted by Crippen LogP contribution is 2.27. The summed E-state index contributed by atoms with van der Waals surface area (Å²) in [6, 6.07) is 10.7. The van der Waals surface area contributed by atoms with Gasteiger partial charge in [0.2, 0.25) is 5.95 Å². The molecule has 0 spiro atoms. The van der Waals surface area contributed by atoms with Gasteiger partial charge in [-0.1, -0.05) is 12.1 Å². The van der Waals surface area contributed by atoms with E-state index in [1.807, 2.05) is 24.3 Å². The first-order valence-corrected chi connectivity index (χ1v) is 6.94. The van der Waals surface area contributed by atoms with Crippen LogP contribution in [-0.4, -0.2) is 24.7 Å². The second-order valence-electron chi connectivity index (χ2n) is 4.83. The van der Waals surface area contributed by atoms with E-state index in [0.717, 1.165) is 10.9 Å². The van der Waals surface area contributed by atoms with Crippen molar-refractivity contribution in [3.63, 3.8) is 0 Å². The Morgan fingerprint density at radius 2 is 1.91 bits per heavy atom. The van der Waals surface area contributed by atoms with E-state index >= 15 is 0 Å². The highest BCUT2D eigenvalue weighted by atomic mass is 19.1. The number of benzene rings is 1. The molecule has 0 radical (unpaired) electrons. The number of halogens is 1. The number of nitrogens with zero attached hydrogens (tertiary/aromatic N) is 5. The van der Waals surface area contributed by atoms with Gasteiger partial charge in [-0.3, -0.25) is 4.98 Å². The van der Waals surface area contributed by atoms with Crippen LogP contribution in [-0.2, 0) is 0 Å². The van der Waals surface area contributed by atoms with Gasteiger partial charge in [0.15, 0.2) is 5.82 Å². The number of aromatic nitrogens is 5.